The van der Waals surface area contributed by atoms with E-state index in [1.54, 1.807) is 12.0 Å². The Labute approximate surface area is 167 Å². The standard InChI is InChI=1S/C23H30N2O3/c1-5-21(23(27)24-17(2)3)25(16-19-9-7-6-8-10-19)22(26)15-18-11-13-20(28-4)14-12-18/h6-14,17,21H,5,15-16H2,1-4H3,(H,24,27). The molecule has 0 saturated carbocycles. The molecule has 2 amide bonds. The van der Waals surface area contributed by atoms with Crippen molar-refractivity contribution in [1.82, 2.24) is 10.2 Å². The molecule has 2 aromatic carbocycles. The second-order valence-corrected chi connectivity index (χ2v) is 7.12. The smallest absolute Gasteiger partial charge is 0.243 e. The first-order valence-corrected chi connectivity index (χ1v) is 9.71. The van der Waals surface area contributed by atoms with Crippen molar-refractivity contribution in [3.63, 3.8) is 0 Å². The molecule has 2 aromatic rings. The quantitative estimate of drug-likeness (QED) is 0.721. The van der Waals surface area contributed by atoms with Crippen LogP contribution in [0.5, 0.6) is 5.75 Å². The molecule has 0 aliphatic carbocycles. The van der Waals surface area contributed by atoms with Crippen LogP contribution in [0.3, 0.4) is 0 Å². The van der Waals surface area contributed by atoms with Gasteiger partial charge in [0, 0.05) is 12.6 Å². The molecule has 5 heteroatoms. The van der Waals surface area contributed by atoms with Crippen LogP contribution in [-0.4, -0.2) is 35.9 Å². The molecule has 1 N–H and O–H groups in total. The van der Waals surface area contributed by atoms with Gasteiger partial charge in [-0.3, -0.25) is 9.59 Å². The van der Waals surface area contributed by atoms with Crippen molar-refractivity contribution in [2.75, 3.05) is 7.11 Å². The highest BCUT2D eigenvalue weighted by molar-refractivity contribution is 5.88. The lowest BCUT2D eigenvalue weighted by molar-refractivity contribution is -0.141. The fourth-order valence-electron chi connectivity index (χ4n) is 3.10. The summed E-state index contributed by atoms with van der Waals surface area (Å²) >= 11 is 0. The minimum atomic E-state index is -0.506. The van der Waals surface area contributed by atoms with Crippen LogP contribution in [0, 0.1) is 0 Å². The Morgan fingerprint density at radius 1 is 1.00 bits per heavy atom. The number of rotatable bonds is 9. The first kappa shape index (κ1) is 21.5. The number of carbonyl (C=O) groups is 2. The van der Waals surface area contributed by atoms with Gasteiger partial charge in [0.25, 0.3) is 0 Å². The third-order valence-corrected chi connectivity index (χ3v) is 4.53. The maximum atomic E-state index is 13.2. The van der Waals surface area contributed by atoms with Gasteiger partial charge in [0.2, 0.25) is 11.8 Å². The number of amides is 2. The molecule has 0 spiro atoms. The molecule has 0 aromatic heterocycles. The fraction of sp³-hybridized carbons (Fsp3) is 0.391. The maximum absolute atomic E-state index is 13.2. The first-order chi connectivity index (χ1) is 13.4. The van der Waals surface area contributed by atoms with Gasteiger partial charge in [0.15, 0.2) is 0 Å². The Hall–Kier alpha value is -2.82. The Morgan fingerprint density at radius 3 is 2.18 bits per heavy atom. The molecule has 0 aliphatic heterocycles. The van der Waals surface area contributed by atoms with E-state index >= 15 is 0 Å². The highest BCUT2D eigenvalue weighted by Crippen LogP contribution is 2.16. The number of methoxy groups -OCH3 is 1. The molecule has 2 rings (SSSR count). The normalized spacial score (nSPS) is 11.8. The summed E-state index contributed by atoms with van der Waals surface area (Å²) in [6.45, 7) is 6.18. The van der Waals surface area contributed by atoms with Crippen LogP contribution in [0.15, 0.2) is 54.6 Å². The average Bonchev–Trinajstić information content (AvgIpc) is 2.68. The van der Waals surface area contributed by atoms with Gasteiger partial charge in [-0.25, -0.2) is 0 Å². The second kappa shape index (κ2) is 10.5. The molecule has 0 saturated heterocycles. The predicted octanol–water partition coefficient (Wildman–Crippen LogP) is 3.57. The van der Waals surface area contributed by atoms with Crippen molar-refractivity contribution < 1.29 is 14.3 Å². The van der Waals surface area contributed by atoms with E-state index in [0.717, 1.165) is 16.9 Å². The van der Waals surface area contributed by atoms with E-state index in [2.05, 4.69) is 5.32 Å². The van der Waals surface area contributed by atoms with E-state index in [1.807, 2.05) is 75.4 Å². The van der Waals surface area contributed by atoms with Crippen LogP contribution < -0.4 is 10.1 Å². The Balaban J connectivity index is 2.24. The van der Waals surface area contributed by atoms with Crippen LogP contribution in [-0.2, 0) is 22.6 Å². The van der Waals surface area contributed by atoms with Crippen molar-refractivity contribution in [3.8, 4) is 5.75 Å². The molecular formula is C23H30N2O3. The van der Waals surface area contributed by atoms with Crippen LogP contribution >= 0.6 is 0 Å². The lowest BCUT2D eigenvalue weighted by atomic mass is 10.1. The molecule has 0 bridgehead atoms. The minimum Gasteiger partial charge on any atom is -0.497 e. The van der Waals surface area contributed by atoms with Gasteiger partial charge < -0.3 is 15.0 Å². The molecule has 0 radical (unpaired) electrons. The van der Waals surface area contributed by atoms with Crippen molar-refractivity contribution in [1.29, 1.82) is 0 Å². The molecule has 5 nitrogen and oxygen atoms in total. The zero-order valence-electron chi connectivity index (χ0n) is 17.1. The van der Waals surface area contributed by atoms with Crippen molar-refractivity contribution in [3.05, 3.63) is 65.7 Å². The van der Waals surface area contributed by atoms with Gasteiger partial charge >= 0.3 is 0 Å². The van der Waals surface area contributed by atoms with E-state index in [0.29, 0.717) is 13.0 Å². The number of nitrogens with one attached hydrogen (secondary N) is 1. The number of nitrogens with zero attached hydrogens (tertiary/aromatic N) is 1. The summed E-state index contributed by atoms with van der Waals surface area (Å²) < 4.78 is 5.18. The minimum absolute atomic E-state index is 0.0248. The van der Waals surface area contributed by atoms with Gasteiger partial charge in [-0.15, -0.1) is 0 Å². The SMILES string of the molecule is CCC(C(=O)NC(C)C)N(Cc1ccccc1)C(=O)Cc1ccc(OC)cc1. The summed E-state index contributed by atoms with van der Waals surface area (Å²) in [6, 6.07) is 16.7. The summed E-state index contributed by atoms with van der Waals surface area (Å²) in [5, 5.41) is 2.94. The first-order valence-electron chi connectivity index (χ1n) is 9.71. The lowest BCUT2D eigenvalue weighted by Gasteiger charge is -2.31. The summed E-state index contributed by atoms with van der Waals surface area (Å²) in [5.74, 6) is 0.566. The van der Waals surface area contributed by atoms with E-state index in [1.165, 1.54) is 0 Å². The van der Waals surface area contributed by atoms with Crippen LogP contribution in [0.2, 0.25) is 0 Å². The second-order valence-electron chi connectivity index (χ2n) is 7.12. The third-order valence-electron chi connectivity index (χ3n) is 4.53. The maximum Gasteiger partial charge on any atom is 0.243 e. The average molecular weight is 383 g/mol. The topological polar surface area (TPSA) is 58.6 Å². The Kier molecular flexibility index (Phi) is 8.05. The fourth-order valence-corrected chi connectivity index (χ4v) is 3.10. The number of benzene rings is 2. The molecule has 0 heterocycles. The predicted molar refractivity (Wildman–Crippen MR) is 111 cm³/mol. The summed E-state index contributed by atoms with van der Waals surface area (Å²) in [5.41, 5.74) is 1.89. The van der Waals surface area contributed by atoms with Crippen molar-refractivity contribution in [2.45, 2.75) is 52.2 Å². The number of ether oxygens (including phenoxy) is 1. The van der Waals surface area contributed by atoms with Crippen LogP contribution in [0.4, 0.5) is 0 Å². The molecule has 0 aliphatic rings. The van der Waals surface area contributed by atoms with E-state index in [9.17, 15) is 9.59 Å². The summed E-state index contributed by atoms with van der Waals surface area (Å²) in [4.78, 5) is 27.6. The van der Waals surface area contributed by atoms with E-state index in [4.69, 9.17) is 4.74 Å². The highest BCUT2D eigenvalue weighted by Gasteiger charge is 2.28. The van der Waals surface area contributed by atoms with Crippen molar-refractivity contribution in [2.24, 2.45) is 0 Å². The van der Waals surface area contributed by atoms with Gasteiger partial charge in [0.1, 0.15) is 11.8 Å². The van der Waals surface area contributed by atoms with Crippen LogP contribution in [0.25, 0.3) is 0 Å². The summed E-state index contributed by atoms with van der Waals surface area (Å²) in [6.07, 6.45) is 0.794. The van der Waals surface area contributed by atoms with E-state index in [-0.39, 0.29) is 24.3 Å². The lowest BCUT2D eigenvalue weighted by Crippen LogP contribution is -2.50. The zero-order valence-corrected chi connectivity index (χ0v) is 17.1. The molecular weight excluding hydrogens is 352 g/mol. The Morgan fingerprint density at radius 2 is 1.64 bits per heavy atom. The molecule has 28 heavy (non-hydrogen) atoms. The largest absolute Gasteiger partial charge is 0.497 e. The summed E-state index contributed by atoms with van der Waals surface area (Å²) in [7, 11) is 1.61. The highest BCUT2D eigenvalue weighted by atomic mass is 16.5. The molecule has 1 atom stereocenters. The van der Waals surface area contributed by atoms with Gasteiger partial charge in [-0.2, -0.15) is 0 Å². The zero-order chi connectivity index (χ0) is 20.5. The van der Waals surface area contributed by atoms with Crippen LogP contribution in [0.1, 0.15) is 38.3 Å². The monoisotopic (exact) mass is 382 g/mol. The number of hydrogen-bond acceptors (Lipinski definition) is 3. The van der Waals surface area contributed by atoms with Gasteiger partial charge in [-0.1, -0.05) is 49.4 Å². The number of hydrogen-bond donors (Lipinski definition) is 1. The molecule has 0 fully saturated rings. The van der Waals surface area contributed by atoms with Crippen molar-refractivity contribution >= 4 is 11.8 Å². The van der Waals surface area contributed by atoms with E-state index < -0.39 is 6.04 Å². The third kappa shape index (κ3) is 6.12. The Bertz CT molecular complexity index is 757. The van der Waals surface area contributed by atoms with Gasteiger partial charge in [-0.05, 0) is 43.5 Å². The van der Waals surface area contributed by atoms with Gasteiger partial charge in [0.05, 0.1) is 13.5 Å². The molecule has 1 unspecified atom stereocenters. The molecule has 150 valence electrons. The number of carbonyl (C=O) groups excluding carboxylic acids is 2.